The largest absolute Gasteiger partial charge is 0.483 e. The Labute approximate surface area is 186 Å². The van der Waals surface area contributed by atoms with Crippen LogP contribution in [0.15, 0.2) is 59.6 Å². The molecule has 1 aromatic heterocycles. The van der Waals surface area contributed by atoms with E-state index in [1.54, 1.807) is 11.9 Å². The van der Waals surface area contributed by atoms with Crippen molar-refractivity contribution in [2.45, 2.75) is 4.90 Å². The number of primary amides is 1. The highest BCUT2D eigenvalue weighted by atomic mass is 32.2. The molecule has 32 heavy (non-hydrogen) atoms. The van der Waals surface area contributed by atoms with E-state index < -0.39 is 15.9 Å². The van der Waals surface area contributed by atoms with Gasteiger partial charge in [-0.25, -0.2) is 8.42 Å². The second-order valence-corrected chi connectivity index (χ2v) is 9.52. The van der Waals surface area contributed by atoms with Gasteiger partial charge in [-0.05, 0) is 17.5 Å². The van der Waals surface area contributed by atoms with Crippen molar-refractivity contribution in [1.82, 2.24) is 13.8 Å². The lowest BCUT2D eigenvalue weighted by molar-refractivity contribution is -0.134. The summed E-state index contributed by atoms with van der Waals surface area (Å²) in [6.45, 7) is 0.701. The van der Waals surface area contributed by atoms with Crippen LogP contribution in [0.3, 0.4) is 0 Å². The molecule has 1 aliphatic heterocycles. The van der Waals surface area contributed by atoms with Gasteiger partial charge in [-0.1, -0.05) is 36.4 Å². The third kappa shape index (κ3) is 4.19. The van der Waals surface area contributed by atoms with E-state index in [1.165, 1.54) is 21.1 Å². The van der Waals surface area contributed by atoms with Crippen molar-refractivity contribution in [2.24, 2.45) is 12.8 Å². The number of sulfonamides is 1. The first kappa shape index (κ1) is 21.8. The monoisotopic (exact) mass is 456 g/mol. The van der Waals surface area contributed by atoms with E-state index in [4.69, 9.17) is 10.5 Å². The maximum absolute atomic E-state index is 12.9. The van der Waals surface area contributed by atoms with Crippen LogP contribution >= 0.6 is 0 Å². The zero-order chi connectivity index (χ0) is 22.9. The number of nitrogens with two attached hydrogens (primary N) is 1. The number of aryl methyl sites for hydroxylation is 1. The van der Waals surface area contributed by atoms with Gasteiger partial charge < -0.3 is 19.9 Å². The molecule has 2 amide bonds. The van der Waals surface area contributed by atoms with Crippen LogP contribution in [0.1, 0.15) is 10.5 Å². The number of fused-ring (bicyclic) bond motifs is 1. The van der Waals surface area contributed by atoms with Crippen molar-refractivity contribution in [2.75, 3.05) is 32.8 Å². The van der Waals surface area contributed by atoms with Gasteiger partial charge in [-0.15, -0.1) is 0 Å². The van der Waals surface area contributed by atoms with Crippen LogP contribution in [0.2, 0.25) is 0 Å². The average Bonchev–Trinajstić information content (AvgIpc) is 3.20. The summed E-state index contributed by atoms with van der Waals surface area (Å²) < 4.78 is 34.3. The van der Waals surface area contributed by atoms with E-state index in [0.717, 1.165) is 10.8 Å². The Kier molecular flexibility index (Phi) is 5.90. The van der Waals surface area contributed by atoms with Crippen LogP contribution in [-0.2, 0) is 21.9 Å². The number of benzene rings is 2. The number of carbonyl (C=O) groups is 2. The molecule has 1 fully saturated rings. The molecular formula is C22H24N4O5S. The summed E-state index contributed by atoms with van der Waals surface area (Å²) in [6.07, 6.45) is 1.37. The van der Waals surface area contributed by atoms with Crippen LogP contribution in [0, 0.1) is 0 Å². The number of rotatable bonds is 6. The normalized spacial score (nSPS) is 15.1. The summed E-state index contributed by atoms with van der Waals surface area (Å²) in [5.41, 5.74) is 5.39. The number of hydrogen-bond acceptors (Lipinski definition) is 5. The molecule has 0 unspecified atom stereocenters. The number of carbonyl (C=O) groups excluding carboxylic acids is 2. The Hall–Kier alpha value is -3.37. The van der Waals surface area contributed by atoms with Crippen LogP contribution in [-0.4, -0.2) is 66.8 Å². The summed E-state index contributed by atoms with van der Waals surface area (Å²) >= 11 is 0. The molecule has 4 rings (SSSR count). The minimum atomic E-state index is -3.79. The Morgan fingerprint density at radius 2 is 1.72 bits per heavy atom. The first-order chi connectivity index (χ1) is 15.3. The van der Waals surface area contributed by atoms with Gasteiger partial charge in [-0.3, -0.25) is 9.59 Å². The molecule has 0 spiro atoms. The van der Waals surface area contributed by atoms with Crippen molar-refractivity contribution in [1.29, 1.82) is 0 Å². The summed E-state index contributed by atoms with van der Waals surface area (Å²) in [6, 6.07) is 14.7. The van der Waals surface area contributed by atoms with Gasteiger partial charge in [-0.2, -0.15) is 4.31 Å². The molecule has 9 nitrogen and oxygen atoms in total. The van der Waals surface area contributed by atoms with Gasteiger partial charge in [0.2, 0.25) is 10.0 Å². The summed E-state index contributed by atoms with van der Waals surface area (Å²) in [5, 5.41) is 1.95. The Morgan fingerprint density at radius 1 is 1.03 bits per heavy atom. The summed E-state index contributed by atoms with van der Waals surface area (Å²) in [4.78, 5) is 25.7. The fraction of sp³-hybridized carbons (Fsp3) is 0.273. The smallest absolute Gasteiger partial charge is 0.265 e. The second kappa shape index (κ2) is 8.64. The Balaban J connectivity index is 1.37. The zero-order valence-corrected chi connectivity index (χ0v) is 18.4. The van der Waals surface area contributed by atoms with Gasteiger partial charge in [0.05, 0.1) is 0 Å². The van der Waals surface area contributed by atoms with Crippen LogP contribution in [0.4, 0.5) is 0 Å². The van der Waals surface area contributed by atoms with Crippen LogP contribution in [0.5, 0.6) is 5.75 Å². The average molecular weight is 457 g/mol. The number of nitrogens with zero attached hydrogens (tertiary/aromatic N) is 3. The highest BCUT2D eigenvalue weighted by molar-refractivity contribution is 7.89. The molecule has 2 heterocycles. The van der Waals surface area contributed by atoms with Gasteiger partial charge in [0.1, 0.15) is 16.3 Å². The van der Waals surface area contributed by atoms with Gasteiger partial charge >= 0.3 is 0 Å². The number of aromatic nitrogens is 1. The van der Waals surface area contributed by atoms with Crippen molar-refractivity contribution < 1.29 is 22.7 Å². The molecule has 0 aliphatic carbocycles. The van der Waals surface area contributed by atoms with E-state index in [1.807, 2.05) is 42.5 Å². The maximum atomic E-state index is 12.9. The van der Waals surface area contributed by atoms with E-state index in [-0.39, 0.29) is 49.3 Å². The van der Waals surface area contributed by atoms with E-state index in [2.05, 4.69) is 0 Å². The minimum absolute atomic E-state index is 0.00728. The Morgan fingerprint density at radius 3 is 2.41 bits per heavy atom. The fourth-order valence-electron chi connectivity index (χ4n) is 3.80. The number of amides is 2. The van der Waals surface area contributed by atoms with Gasteiger partial charge in [0, 0.05) is 44.8 Å². The first-order valence-corrected chi connectivity index (χ1v) is 11.6. The predicted molar refractivity (Wildman–Crippen MR) is 119 cm³/mol. The molecule has 2 aromatic carbocycles. The molecule has 1 aliphatic rings. The summed E-state index contributed by atoms with van der Waals surface area (Å²) in [7, 11) is -2.23. The molecule has 10 heteroatoms. The van der Waals surface area contributed by atoms with Crippen molar-refractivity contribution in [3.63, 3.8) is 0 Å². The molecule has 0 atom stereocenters. The third-order valence-electron chi connectivity index (χ3n) is 5.56. The standard InChI is InChI=1S/C22H24N4O5S/c1-24-14-17(13-19(24)22(23)28)32(29,30)26-11-9-25(10-12-26)21(27)15-31-20-8-4-6-16-5-2-3-7-18(16)20/h2-8,13-14H,9-12,15H2,1H3,(H2,23,28). The topological polar surface area (TPSA) is 115 Å². The predicted octanol–water partition coefficient (Wildman–Crippen LogP) is 1.19. The lowest BCUT2D eigenvalue weighted by atomic mass is 10.1. The molecule has 0 bridgehead atoms. The molecule has 3 aromatic rings. The molecule has 0 saturated carbocycles. The van der Waals surface area contributed by atoms with Crippen LogP contribution in [0.25, 0.3) is 10.8 Å². The highest BCUT2D eigenvalue weighted by Gasteiger charge is 2.31. The number of hydrogen-bond donors (Lipinski definition) is 1. The molecular weight excluding hydrogens is 432 g/mol. The van der Waals surface area contributed by atoms with Gasteiger partial charge in [0.25, 0.3) is 11.8 Å². The van der Waals surface area contributed by atoms with E-state index in [0.29, 0.717) is 5.75 Å². The Bertz CT molecular complexity index is 1270. The SMILES string of the molecule is Cn1cc(S(=O)(=O)N2CCN(C(=O)COc3cccc4ccccc34)CC2)cc1C(N)=O. The molecule has 168 valence electrons. The van der Waals surface area contributed by atoms with Gasteiger partial charge in [0.15, 0.2) is 6.61 Å². The van der Waals surface area contributed by atoms with E-state index >= 15 is 0 Å². The third-order valence-corrected chi connectivity index (χ3v) is 7.43. The lowest BCUT2D eigenvalue weighted by Gasteiger charge is -2.33. The first-order valence-electron chi connectivity index (χ1n) is 10.1. The zero-order valence-electron chi connectivity index (χ0n) is 17.6. The second-order valence-electron chi connectivity index (χ2n) is 7.59. The maximum Gasteiger partial charge on any atom is 0.265 e. The van der Waals surface area contributed by atoms with E-state index in [9.17, 15) is 18.0 Å². The molecule has 0 radical (unpaired) electrons. The quantitative estimate of drug-likeness (QED) is 0.598. The fourth-order valence-corrected chi connectivity index (χ4v) is 5.29. The number of piperazine rings is 1. The molecule has 2 N–H and O–H groups in total. The van der Waals surface area contributed by atoms with Crippen molar-refractivity contribution in [3.05, 3.63) is 60.4 Å². The lowest BCUT2D eigenvalue weighted by Crippen LogP contribution is -2.51. The number of ether oxygens (including phenoxy) is 1. The van der Waals surface area contributed by atoms with Crippen LogP contribution < -0.4 is 10.5 Å². The summed E-state index contributed by atoms with van der Waals surface area (Å²) in [5.74, 6) is -0.270. The molecule has 1 saturated heterocycles. The minimum Gasteiger partial charge on any atom is -0.483 e. The van der Waals surface area contributed by atoms with Crippen molar-refractivity contribution >= 4 is 32.6 Å². The highest BCUT2D eigenvalue weighted by Crippen LogP contribution is 2.25. The van der Waals surface area contributed by atoms with Crippen molar-refractivity contribution in [3.8, 4) is 5.75 Å².